The molecule has 0 aliphatic rings. The Hall–Kier alpha value is -2.03. The van der Waals surface area contributed by atoms with Gasteiger partial charge in [0.15, 0.2) is 0 Å². The van der Waals surface area contributed by atoms with Crippen molar-refractivity contribution in [3.8, 4) is 16.9 Å². The molecular weight excluding hydrogens is 240 g/mol. The van der Waals surface area contributed by atoms with Crippen molar-refractivity contribution in [2.75, 3.05) is 7.11 Å². The van der Waals surface area contributed by atoms with Crippen molar-refractivity contribution in [2.45, 2.75) is 26.2 Å². The molecule has 0 spiro atoms. The fraction of sp³-hybridized carbons (Fsp3) is 0.312. The van der Waals surface area contributed by atoms with Crippen molar-refractivity contribution >= 4 is 0 Å². The van der Waals surface area contributed by atoms with Gasteiger partial charge >= 0.3 is 5.63 Å². The van der Waals surface area contributed by atoms with Gasteiger partial charge in [0.25, 0.3) is 0 Å². The van der Waals surface area contributed by atoms with Gasteiger partial charge in [0.05, 0.1) is 7.11 Å². The first kappa shape index (κ1) is 13.4. The Balaban J connectivity index is 2.38. The van der Waals surface area contributed by atoms with Crippen molar-refractivity contribution in [3.63, 3.8) is 0 Å². The van der Waals surface area contributed by atoms with Crippen LogP contribution in [-0.2, 0) is 6.42 Å². The lowest BCUT2D eigenvalue weighted by molar-refractivity contribution is 0.415. The largest absolute Gasteiger partial charge is 0.497 e. The van der Waals surface area contributed by atoms with Crippen LogP contribution in [0.25, 0.3) is 11.1 Å². The molecular formula is C16H18O3. The van der Waals surface area contributed by atoms with Gasteiger partial charge in [0.2, 0.25) is 0 Å². The zero-order chi connectivity index (χ0) is 13.7. The minimum atomic E-state index is -0.289. The summed E-state index contributed by atoms with van der Waals surface area (Å²) in [6, 6.07) is 11.1. The summed E-state index contributed by atoms with van der Waals surface area (Å²) in [4.78, 5) is 11.4. The van der Waals surface area contributed by atoms with E-state index in [1.54, 1.807) is 7.11 Å². The lowest BCUT2D eigenvalue weighted by Gasteiger charge is -2.08. The van der Waals surface area contributed by atoms with Crippen LogP contribution in [0.1, 0.15) is 25.5 Å². The van der Waals surface area contributed by atoms with Gasteiger partial charge in [0.1, 0.15) is 11.5 Å². The first-order valence-electron chi connectivity index (χ1n) is 6.52. The molecule has 0 atom stereocenters. The fourth-order valence-corrected chi connectivity index (χ4v) is 2.01. The van der Waals surface area contributed by atoms with Gasteiger partial charge < -0.3 is 9.15 Å². The normalized spacial score (nSPS) is 10.4. The molecule has 0 fully saturated rings. The van der Waals surface area contributed by atoms with E-state index in [-0.39, 0.29) is 5.63 Å². The standard InChI is InChI=1S/C16H18O3/c1-3-4-5-15-14(10-11-16(17)19-15)12-6-8-13(18-2)9-7-12/h6-11H,3-5H2,1-2H3. The summed E-state index contributed by atoms with van der Waals surface area (Å²) in [5.74, 6) is 1.58. The van der Waals surface area contributed by atoms with E-state index < -0.39 is 0 Å². The lowest BCUT2D eigenvalue weighted by Crippen LogP contribution is -2.01. The predicted molar refractivity (Wildman–Crippen MR) is 75.6 cm³/mol. The van der Waals surface area contributed by atoms with E-state index in [1.165, 1.54) is 6.07 Å². The molecule has 0 radical (unpaired) electrons. The molecule has 1 heterocycles. The Bertz CT molecular complexity index is 582. The van der Waals surface area contributed by atoms with Crippen LogP contribution in [0.5, 0.6) is 5.75 Å². The van der Waals surface area contributed by atoms with Crippen LogP contribution < -0.4 is 10.4 Å². The van der Waals surface area contributed by atoms with E-state index in [9.17, 15) is 4.79 Å². The highest BCUT2D eigenvalue weighted by Gasteiger charge is 2.08. The van der Waals surface area contributed by atoms with Gasteiger partial charge in [-0.3, -0.25) is 0 Å². The maximum Gasteiger partial charge on any atom is 0.335 e. The van der Waals surface area contributed by atoms with Crippen molar-refractivity contribution in [1.29, 1.82) is 0 Å². The second-order valence-electron chi connectivity index (χ2n) is 4.42. The minimum Gasteiger partial charge on any atom is -0.497 e. The maximum atomic E-state index is 11.4. The van der Waals surface area contributed by atoms with E-state index in [4.69, 9.17) is 9.15 Å². The third-order valence-electron chi connectivity index (χ3n) is 3.07. The van der Waals surface area contributed by atoms with E-state index >= 15 is 0 Å². The summed E-state index contributed by atoms with van der Waals surface area (Å²) < 4.78 is 10.5. The van der Waals surface area contributed by atoms with Crippen LogP contribution in [0.15, 0.2) is 45.6 Å². The summed E-state index contributed by atoms with van der Waals surface area (Å²) in [6.45, 7) is 2.12. The average molecular weight is 258 g/mol. The number of unbranched alkanes of at least 4 members (excludes halogenated alkanes) is 1. The summed E-state index contributed by atoms with van der Waals surface area (Å²) in [7, 11) is 1.64. The molecule has 100 valence electrons. The number of hydrogen-bond acceptors (Lipinski definition) is 3. The molecule has 0 saturated heterocycles. The summed E-state index contributed by atoms with van der Waals surface area (Å²) in [6.07, 6.45) is 2.87. The lowest BCUT2D eigenvalue weighted by atomic mass is 10.0. The van der Waals surface area contributed by atoms with Crippen LogP contribution in [0.3, 0.4) is 0 Å². The first-order chi connectivity index (χ1) is 9.24. The molecule has 0 aliphatic heterocycles. The molecule has 3 heteroatoms. The highest BCUT2D eigenvalue weighted by atomic mass is 16.5. The number of benzene rings is 1. The fourth-order valence-electron chi connectivity index (χ4n) is 2.01. The van der Waals surface area contributed by atoms with Crippen LogP contribution in [-0.4, -0.2) is 7.11 Å². The number of ether oxygens (including phenoxy) is 1. The zero-order valence-corrected chi connectivity index (χ0v) is 11.3. The topological polar surface area (TPSA) is 39.4 Å². The van der Waals surface area contributed by atoms with Crippen LogP contribution in [0, 0.1) is 0 Å². The van der Waals surface area contributed by atoms with Crippen LogP contribution >= 0.6 is 0 Å². The minimum absolute atomic E-state index is 0.289. The predicted octanol–water partition coefficient (Wildman–Crippen LogP) is 3.66. The van der Waals surface area contributed by atoms with Crippen LogP contribution in [0.2, 0.25) is 0 Å². The van der Waals surface area contributed by atoms with Gasteiger partial charge in [0, 0.05) is 18.1 Å². The second kappa shape index (κ2) is 6.23. The molecule has 19 heavy (non-hydrogen) atoms. The molecule has 0 unspecified atom stereocenters. The zero-order valence-electron chi connectivity index (χ0n) is 11.3. The Morgan fingerprint density at radius 2 is 1.84 bits per heavy atom. The van der Waals surface area contributed by atoms with Crippen molar-refractivity contribution < 1.29 is 9.15 Å². The molecule has 2 rings (SSSR count). The Morgan fingerprint density at radius 1 is 1.11 bits per heavy atom. The smallest absolute Gasteiger partial charge is 0.335 e. The van der Waals surface area contributed by atoms with Gasteiger partial charge in [-0.2, -0.15) is 0 Å². The molecule has 3 nitrogen and oxygen atoms in total. The van der Waals surface area contributed by atoms with Crippen molar-refractivity contribution in [1.82, 2.24) is 0 Å². The monoisotopic (exact) mass is 258 g/mol. The average Bonchev–Trinajstić information content (AvgIpc) is 2.45. The van der Waals surface area contributed by atoms with E-state index in [0.29, 0.717) is 0 Å². The third kappa shape index (κ3) is 3.25. The molecule has 1 aromatic carbocycles. The van der Waals surface area contributed by atoms with Gasteiger partial charge in [-0.25, -0.2) is 4.79 Å². The molecule has 0 N–H and O–H groups in total. The van der Waals surface area contributed by atoms with E-state index in [2.05, 4.69) is 6.92 Å². The highest BCUT2D eigenvalue weighted by molar-refractivity contribution is 5.65. The SMILES string of the molecule is CCCCc1oc(=O)ccc1-c1ccc(OC)cc1. The van der Waals surface area contributed by atoms with Gasteiger partial charge in [-0.15, -0.1) is 0 Å². The summed E-state index contributed by atoms with van der Waals surface area (Å²) in [5.41, 5.74) is 1.73. The van der Waals surface area contributed by atoms with Gasteiger partial charge in [-0.1, -0.05) is 25.5 Å². The number of methoxy groups -OCH3 is 1. The third-order valence-corrected chi connectivity index (χ3v) is 3.07. The quantitative estimate of drug-likeness (QED) is 0.821. The molecule has 2 aromatic rings. The number of hydrogen-bond donors (Lipinski definition) is 0. The molecule has 0 aliphatic carbocycles. The molecule has 0 bridgehead atoms. The highest BCUT2D eigenvalue weighted by Crippen LogP contribution is 2.25. The summed E-state index contributed by atoms with van der Waals surface area (Å²) in [5, 5.41) is 0. The second-order valence-corrected chi connectivity index (χ2v) is 4.42. The van der Waals surface area contributed by atoms with E-state index in [1.807, 2.05) is 30.3 Å². The summed E-state index contributed by atoms with van der Waals surface area (Å²) >= 11 is 0. The van der Waals surface area contributed by atoms with Crippen molar-refractivity contribution in [2.24, 2.45) is 0 Å². The Kier molecular flexibility index (Phi) is 4.39. The molecule has 0 amide bonds. The van der Waals surface area contributed by atoms with E-state index in [0.717, 1.165) is 41.9 Å². The first-order valence-corrected chi connectivity index (χ1v) is 6.52. The maximum absolute atomic E-state index is 11.4. The Morgan fingerprint density at radius 3 is 2.47 bits per heavy atom. The van der Waals surface area contributed by atoms with Crippen LogP contribution in [0.4, 0.5) is 0 Å². The molecule has 0 saturated carbocycles. The molecule has 1 aromatic heterocycles. The number of aryl methyl sites for hydroxylation is 1. The number of rotatable bonds is 5. The Labute approximate surface area is 112 Å². The van der Waals surface area contributed by atoms with Gasteiger partial charge in [-0.05, 0) is 30.2 Å². The van der Waals surface area contributed by atoms with Crippen molar-refractivity contribution in [3.05, 3.63) is 52.6 Å².